The van der Waals surface area contributed by atoms with E-state index < -0.39 is 5.41 Å². The molecule has 0 unspecified atom stereocenters. The Morgan fingerprint density at radius 1 is 1.55 bits per heavy atom. The molecule has 1 aromatic heterocycles. The van der Waals surface area contributed by atoms with E-state index in [4.69, 9.17) is 10.9 Å². The van der Waals surface area contributed by atoms with Crippen LogP contribution in [0.5, 0.6) is 0 Å². The Hall–Kier alpha value is -1.63. The Labute approximate surface area is 123 Å². The average Bonchev–Trinajstić information content (AvgIpc) is 2.85. The van der Waals surface area contributed by atoms with Crippen LogP contribution < -0.4 is 5.73 Å². The molecule has 0 bridgehead atoms. The largest absolute Gasteiger partial charge is 0.409 e. The number of oxime groups is 1. The van der Waals surface area contributed by atoms with Crippen LogP contribution in [-0.4, -0.2) is 33.9 Å². The number of nitrogens with zero attached hydrogens (tertiary/aromatic N) is 3. The van der Waals surface area contributed by atoms with Gasteiger partial charge in [0, 0.05) is 11.9 Å². The molecule has 0 saturated heterocycles. The standard InChI is InChI=1S/C13H22N4O2S/c1-5-13(6-2,11(14)16-19)12(18)17(4)7-10-9(3)15-8-20-10/h8,19H,5-7H2,1-4H3,(H2,14,16). The Morgan fingerprint density at radius 2 is 2.15 bits per heavy atom. The zero-order valence-corrected chi connectivity index (χ0v) is 13.2. The number of aryl methyl sites for hydroxylation is 1. The molecule has 6 nitrogen and oxygen atoms in total. The van der Waals surface area contributed by atoms with Gasteiger partial charge in [-0.15, -0.1) is 11.3 Å². The zero-order chi connectivity index (χ0) is 15.3. The number of amides is 1. The average molecular weight is 298 g/mol. The monoisotopic (exact) mass is 298 g/mol. The molecule has 1 rings (SSSR count). The highest BCUT2D eigenvalue weighted by atomic mass is 32.1. The molecule has 0 aromatic carbocycles. The summed E-state index contributed by atoms with van der Waals surface area (Å²) in [6, 6.07) is 0. The number of amidine groups is 1. The molecular weight excluding hydrogens is 276 g/mol. The van der Waals surface area contributed by atoms with E-state index in [2.05, 4.69) is 10.1 Å². The molecule has 0 aliphatic rings. The zero-order valence-electron chi connectivity index (χ0n) is 12.4. The molecule has 0 radical (unpaired) electrons. The summed E-state index contributed by atoms with van der Waals surface area (Å²) in [5.41, 5.74) is 7.51. The van der Waals surface area contributed by atoms with Crippen LogP contribution in [0.2, 0.25) is 0 Å². The lowest BCUT2D eigenvalue weighted by molar-refractivity contribution is -0.138. The Bertz CT molecular complexity index is 494. The molecule has 0 aliphatic carbocycles. The van der Waals surface area contributed by atoms with Crippen LogP contribution >= 0.6 is 11.3 Å². The topological polar surface area (TPSA) is 91.8 Å². The highest BCUT2D eigenvalue weighted by molar-refractivity contribution is 7.09. The summed E-state index contributed by atoms with van der Waals surface area (Å²) in [5, 5.41) is 12.0. The van der Waals surface area contributed by atoms with Gasteiger partial charge in [-0.1, -0.05) is 19.0 Å². The third-order valence-electron chi connectivity index (χ3n) is 3.79. The van der Waals surface area contributed by atoms with Crippen molar-refractivity contribution >= 4 is 23.1 Å². The van der Waals surface area contributed by atoms with Crippen LogP contribution in [0.15, 0.2) is 10.7 Å². The van der Waals surface area contributed by atoms with Gasteiger partial charge in [-0.05, 0) is 19.8 Å². The first-order valence-corrected chi connectivity index (χ1v) is 7.43. The van der Waals surface area contributed by atoms with E-state index in [0.717, 1.165) is 10.6 Å². The molecule has 7 heteroatoms. The van der Waals surface area contributed by atoms with Crippen molar-refractivity contribution in [3.63, 3.8) is 0 Å². The molecule has 20 heavy (non-hydrogen) atoms. The fourth-order valence-electron chi connectivity index (χ4n) is 2.25. The molecule has 0 spiro atoms. The number of thiazole rings is 1. The van der Waals surface area contributed by atoms with Crippen LogP contribution in [0.25, 0.3) is 0 Å². The summed E-state index contributed by atoms with van der Waals surface area (Å²) in [5.74, 6) is -0.161. The molecule has 1 aromatic rings. The molecule has 0 fully saturated rings. The lowest BCUT2D eigenvalue weighted by Crippen LogP contribution is -2.49. The summed E-state index contributed by atoms with van der Waals surface area (Å²) in [4.78, 5) is 19.5. The predicted octanol–water partition coefficient (Wildman–Crippen LogP) is 1.96. The Kier molecular flexibility index (Phi) is 5.50. The summed E-state index contributed by atoms with van der Waals surface area (Å²) in [7, 11) is 1.73. The molecule has 3 N–H and O–H groups in total. The van der Waals surface area contributed by atoms with Crippen molar-refractivity contribution in [2.24, 2.45) is 16.3 Å². The normalized spacial score (nSPS) is 12.5. The van der Waals surface area contributed by atoms with Gasteiger partial charge in [-0.3, -0.25) is 4.79 Å². The quantitative estimate of drug-likeness (QED) is 0.363. The third-order valence-corrected chi connectivity index (χ3v) is 4.71. The van der Waals surface area contributed by atoms with E-state index in [9.17, 15) is 4.79 Å². The van der Waals surface area contributed by atoms with E-state index in [0.29, 0.717) is 19.4 Å². The molecule has 112 valence electrons. The lowest BCUT2D eigenvalue weighted by Gasteiger charge is -2.33. The van der Waals surface area contributed by atoms with Crippen molar-refractivity contribution in [2.45, 2.75) is 40.2 Å². The first-order chi connectivity index (χ1) is 9.42. The summed E-state index contributed by atoms with van der Waals surface area (Å²) in [6.07, 6.45) is 0.981. The van der Waals surface area contributed by atoms with Gasteiger partial charge in [0.15, 0.2) is 5.84 Å². The minimum Gasteiger partial charge on any atom is -0.409 e. The van der Waals surface area contributed by atoms with Gasteiger partial charge in [0.2, 0.25) is 5.91 Å². The number of carbonyl (C=O) groups excluding carboxylic acids is 1. The van der Waals surface area contributed by atoms with Gasteiger partial charge in [0.05, 0.1) is 17.7 Å². The van der Waals surface area contributed by atoms with Gasteiger partial charge in [0.1, 0.15) is 5.41 Å². The van der Waals surface area contributed by atoms with E-state index in [1.54, 1.807) is 17.5 Å². The van der Waals surface area contributed by atoms with Gasteiger partial charge < -0.3 is 15.8 Å². The van der Waals surface area contributed by atoms with Crippen LogP contribution in [0.1, 0.15) is 37.3 Å². The summed E-state index contributed by atoms with van der Waals surface area (Å²) in [6.45, 7) is 6.13. The van der Waals surface area contributed by atoms with Gasteiger partial charge >= 0.3 is 0 Å². The molecular formula is C13H22N4O2S. The first-order valence-electron chi connectivity index (χ1n) is 6.55. The van der Waals surface area contributed by atoms with Crippen LogP contribution in [-0.2, 0) is 11.3 Å². The second-order valence-electron chi connectivity index (χ2n) is 4.80. The van der Waals surface area contributed by atoms with Crippen molar-refractivity contribution in [1.29, 1.82) is 0 Å². The number of hydrogen-bond acceptors (Lipinski definition) is 5. The van der Waals surface area contributed by atoms with Crippen molar-refractivity contribution in [1.82, 2.24) is 9.88 Å². The summed E-state index contributed by atoms with van der Waals surface area (Å²) >= 11 is 1.52. The SMILES string of the molecule is CCC(CC)(C(=O)N(C)Cc1scnc1C)C(N)=NO. The molecule has 0 aliphatic heterocycles. The first kappa shape index (κ1) is 16.4. The van der Waals surface area contributed by atoms with Crippen LogP contribution in [0.4, 0.5) is 0 Å². The predicted molar refractivity (Wildman–Crippen MR) is 79.7 cm³/mol. The number of rotatable bonds is 6. The molecule has 0 atom stereocenters. The number of aromatic nitrogens is 1. The van der Waals surface area contributed by atoms with Gasteiger partial charge in [0.25, 0.3) is 0 Å². The van der Waals surface area contributed by atoms with Crippen molar-refractivity contribution in [3.8, 4) is 0 Å². The highest BCUT2D eigenvalue weighted by Gasteiger charge is 2.41. The fraction of sp³-hybridized carbons (Fsp3) is 0.615. The van der Waals surface area contributed by atoms with Crippen molar-refractivity contribution < 1.29 is 10.0 Å². The lowest BCUT2D eigenvalue weighted by atomic mass is 9.79. The second kappa shape index (κ2) is 6.69. The van der Waals surface area contributed by atoms with Gasteiger partial charge in [-0.2, -0.15) is 0 Å². The Morgan fingerprint density at radius 3 is 2.55 bits per heavy atom. The number of hydrogen-bond donors (Lipinski definition) is 2. The smallest absolute Gasteiger partial charge is 0.236 e. The third kappa shape index (κ3) is 2.92. The van der Waals surface area contributed by atoms with Crippen molar-refractivity contribution in [2.75, 3.05) is 7.05 Å². The minimum absolute atomic E-state index is 0.0274. The van der Waals surface area contributed by atoms with Crippen LogP contribution in [0.3, 0.4) is 0 Å². The second-order valence-corrected chi connectivity index (χ2v) is 5.74. The number of carbonyl (C=O) groups is 1. The highest BCUT2D eigenvalue weighted by Crippen LogP contribution is 2.30. The maximum atomic E-state index is 12.7. The number of nitrogens with two attached hydrogens (primary N) is 1. The maximum Gasteiger partial charge on any atom is 0.236 e. The minimum atomic E-state index is -0.942. The van der Waals surface area contributed by atoms with E-state index in [1.165, 1.54) is 11.3 Å². The van der Waals surface area contributed by atoms with Crippen LogP contribution in [0, 0.1) is 12.3 Å². The molecule has 1 heterocycles. The maximum absolute atomic E-state index is 12.7. The van der Waals surface area contributed by atoms with E-state index >= 15 is 0 Å². The summed E-state index contributed by atoms with van der Waals surface area (Å²) < 4.78 is 0. The molecule has 1 amide bonds. The van der Waals surface area contributed by atoms with E-state index in [1.807, 2.05) is 20.8 Å². The van der Waals surface area contributed by atoms with Crippen molar-refractivity contribution in [3.05, 3.63) is 16.1 Å². The van der Waals surface area contributed by atoms with E-state index in [-0.39, 0.29) is 11.7 Å². The Balaban J connectivity index is 2.98. The molecule has 0 saturated carbocycles. The fourth-order valence-corrected chi connectivity index (χ4v) is 3.08. The van der Waals surface area contributed by atoms with Gasteiger partial charge in [-0.25, -0.2) is 4.98 Å².